The van der Waals surface area contributed by atoms with Gasteiger partial charge >= 0.3 is 0 Å². The standard InChI is InChI=1S/C17H24N4OS/c1-11-9-14(12(2)21(11)17-19-7-8-23-17)16(22)20-15-6-4-3-5-13(15)10-18/h7-9,13,15H,3-6,10,18H2,1-2H3,(H,20,22). The maximum absolute atomic E-state index is 12.7. The van der Waals surface area contributed by atoms with E-state index in [0.29, 0.717) is 12.5 Å². The molecule has 3 rings (SSSR count). The SMILES string of the molecule is Cc1cc(C(=O)NC2CCCCC2CN)c(C)n1-c1nccs1. The van der Waals surface area contributed by atoms with Crippen molar-refractivity contribution in [1.29, 1.82) is 0 Å². The highest BCUT2D eigenvalue weighted by molar-refractivity contribution is 7.12. The third-order valence-electron chi connectivity index (χ3n) is 4.81. The molecule has 2 aromatic rings. The molecule has 0 spiro atoms. The van der Waals surface area contributed by atoms with Crippen LogP contribution in [0.1, 0.15) is 47.4 Å². The summed E-state index contributed by atoms with van der Waals surface area (Å²) >= 11 is 1.57. The molecular weight excluding hydrogens is 308 g/mol. The smallest absolute Gasteiger partial charge is 0.253 e. The zero-order chi connectivity index (χ0) is 16.4. The van der Waals surface area contributed by atoms with Crippen LogP contribution in [0.3, 0.4) is 0 Å². The quantitative estimate of drug-likeness (QED) is 0.904. The van der Waals surface area contributed by atoms with Crippen LogP contribution in [0.15, 0.2) is 17.6 Å². The summed E-state index contributed by atoms with van der Waals surface area (Å²) < 4.78 is 2.04. The number of carbonyl (C=O) groups is 1. The van der Waals surface area contributed by atoms with Crippen molar-refractivity contribution in [2.75, 3.05) is 6.54 Å². The van der Waals surface area contributed by atoms with Gasteiger partial charge in [-0.3, -0.25) is 9.36 Å². The van der Waals surface area contributed by atoms with E-state index in [1.807, 2.05) is 29.9 Å². The molecule has 0 saturated heterocycles. The normalized spacial score (nSPS) is 21.3. The summed E-state index contributed by atoms with van der Waals surface area (Å²) in [5.74, 6) is 0.404. The van der Waals surface area contributed by atoms with Gasteiger partial charge < -0.3 is 11.1 Å². The van der Waals surface area contributed by atoms with E-state index in [9.17, 15) is 4.79 Å². The van der Waals surface area contributed by atoms with Gasteiger partial charge in [-0.2, -0.15) is 0 Å². The molecule has 1 fully saturated rings. The van der Waals surface area contributed by atoms with E-state index in [-0.39, 0.29) is 11.9 Å². The summed E-state index contributed by atoms with van der Waals surface area (Å²) in [6.45, 7) is 4.63. The number of thiazole rings is 1. The van der Waals surface area contributed by atoms with Crippen LogP contribution in [0.5, 0.6) is 0 Å². The molecule has 3 N–H and O–H groups in total. The molecule has 0 aromatic carbocycles. The Bertz CT molecular complexity index is 677. The van der Waals surface area contributed by atoms with E-state index in [2.05, 4.69) is 10.3 Å². The lowest BCUT2D eigenvalue weighted by Crippen LogP contribution is -2.44. The number of carbonyl (C=O) groups excluding carboxylic acids is 1. The topological polar surface area (TPSA) is 72.9 Å². The van der Waals surface area contributed by atoms with Crippen molar-refractivity contribution in [2.24, 2.45) is 11.7 Å². The number of hydrogen-bond donors (Lipinski definition) is 2. The number of nitrogens with zero attached hydrogens (tertiary/aromatic N) is 2. The third-order valence-corrected chi connectivity index (χ3v) is 5.57. The number of nitrogens with one attached hydrogen (secondary N) is 1. The van der Waals surface area contributed by atoms with Gasteiger partial charge in [0.1, 0.15) is 0 Å². The molecule has 23 heavy (non-hydrogen) atoms. The first-order valence-corrected chi connectivity index (χ1v) is 9.09. The highest BCUT2D eigenvalue weighted by Crippen LogP contribution is 2.25. The fraction of sp³-hybridized carbons (Fsp3) is 0.529. The molecule has 2 heterocycles. The molecule has 0 radical (unpaired) electrons. The van der Waals surface area contributed by atoms with Crippen LogP contribution in [-0.4, -0.2) is 28.0 Å². The van der Waals surface area contributed by atoms with Gasteiger partial charge in [-0.15, -0.1) is 11.3 Å². The monoisotopic (exact) mass is 332 g/mol. The Morgan fingerprint density at radius 3 is 2.91 bits per heavy atom. The second kappa shape index (κ2) is 6.84. The molecule has 1 aliphatic rings. The molecule has 1 aliphatic carbocycles. The predicted molar refractivity (Wildman–Crippen MR) is 93.2 cm³/mol. The minimum atomic E-state index is 0.00579. The van der Waals surface area contributed by atoms with E-state index < -0.39 is 0 Å². The van der Waals surface area contributed by atoms with Crippen molar-refractivity contribution in [3.8, 4) is 5.13 Å². The Hall–Kier alpha value is -1.66. The van der Waals surface area contributed by atoms with Crippen molar-refractivity contribution >= 4 is 17.2 Å². The molecule has 124 valence electrons. The van der Waals surface area contributed by atoms with E-state index in [1.165, 1.54) is 12.8 Å². The molecule has 5 nitrogen and oxygen atoms in total. The first-order chi connectivity index (χ1) is 11.1. The van der Waals surface area contributed by atoms with Crippen LogP contribution in [0.2, 0.25) is 0 Å². The summed E-state index contributed by atoms with van der Waals surface area (Å²) in [6, 6.07) is 2.15. The lowest BCUT2D eigenvalue weighted by molar-refractivity contribution is 0.0907. The molecule has 2 atom stereocenters. The van der Waals surface area contributed by atoms with Crippen molar-refractivity contribution in [3.05, 3.63) is 34.6 Å². The largest absolute Gasteiger partial charge is 0.349 e. The minimum Gasteiger partial charge on any atom is -0.349 e. The lowest BCUT2D eigenvalue weighted by atomic mass is 9.84. The molecule has 1 amide bonds. The number of nitrogens with two attached hydrogens (primary N) is 1. The van der Waals surface area contributed by atoms with Crippen LogP contribution in [0.25, 0.3) is 5.13 Å². The Kier molecular flexibility index (Phi) is 4.82. The second-order valence-electron chi connectivity index (χ2n) is 6.30. The van der Waals surface area contributed by atoms with Gasteiger partial charge in [-0.25, -0.2) is 4.98 Å². The second-order valence-corrected chi connectivity index (χ2v) is 7.17. The van der Waals surface area contributed by atoms with Gasteiger partial charge in [0.15, 0.2) is 5.13 Å². The Balaban J connectivity index is 1.82. The van der Waals surface area contributed by atoms with Crippen molar-refractivity contribution < 1.29 is 4.79 Å². The summed E-state index contributed by atoms with van der Waals surface area (Å²) in [4.78, 5) is 17.1. The average Bonchev–Trinajstić information content (AvgIpc) is 3.15. The summed E-state index contributed by atoms with van der Waals surface area (Å²) in [6.07, 6.45) is 6.30. The third kappa shape index (κ3) is 3.19. The fourth-order valence-corrected chi connectivity index (χ4v) is 4.29. The molecule has 2 unspecified atom stereocenters. The van der Waals surface area contributed by atoms with Gasteiger partial charge in [0.05, 0.1) is 5.56 Å². The maximum Gasteiger partial charge on any atom is 0.253 e. The Morgan fingerprint density at radius 2 is 2.22 bits per heavy atom. The van der Waals surface area contributed by atoms with Crippen LogP contribution < -0.4 is 11.1 Å². The molecule has 0 bridgehead atoms. The zero-order valence-corrected chi connectivity index (χ0v) is 14.5. The van der Waals surface area contributed by atoms with E-state index in [0.717, 1.165) is 34.9 Å². The number of amides is 1. The highest BCUT2D eigenvalue weighted by atomic mass is 32.1. The molecule has 1 saturated carbocycles. The van der Waals surface area contributed by atoms with Gasteiger partial charge in [0.25, 0.3) is 5.91 Å². The molecule has 2 aromatic heterocycles. The number of rotatable bonds is 4. The number of hydrogen-bond acceptors (Lipinski definition) is 4. The molecule has 6 heteroatoms. The van der Waals surface area contributed by atoms with Gasteiger partial charge in [-0.05, 0) is 45.2 Å². The average molecular weight is 332 g/mol. The lowest BCUT2D eigenvalue weighted by Gasteiger charge is -2.31. The van der Waals surface area contributed by atoms with Gasteiger partial charge in [0.2, 0.25) is 0 Å². The van der Waals surface area contributed by atoms with E-state index in [1.54, 1.807) is 17.5 Å². The van der Waals surface area contributed by atoms with E-state index in [4.69, 9.17) is 5.73 Å². The van der Waals surface area contributed by atoms with Crippen LogP contribution >= 0.6 is 11.3 Å². The van der Waals surface area contributed by atoms with Gasteiger partial charge in [0, 0.05) is 29.0 Å². The van der Waals surface area contributed by atoms with Crippen molar-refractivity contribution in [2.45, 2.75) is 45.6 Å². The van der Waals surface area contributed by atoms with E-state index >= 15 is 0 Å². The molecular formula is C17H24N4OS. The van der Waals surface area contributed by atoms with Crippen molar-refractivity contribution in [1.82, 2.24) is 14.9 Å². The zero-order valence-electron chi connectivity index (χ0n) is 13.7. The maximum atomic E-state index is 12.7. The Morgan fingerprint density at radius 1 is 1.43 bits per heavy atom. The van der Waals surface area contributed by atoms with Crippen molar-refractivity contribution in [3.63, 3.8) is 0 Å². The highest BCUT2D eigenvalue weighted by Gasteiger charge is 2.27. The summed E-state index contributed by atoms with van der Waals surface area (Å²) in [5.41, 5.74) is 8.57. The first kappa shape index (κ1) is 16.2. The van der Waals surface area contributed by atoms with Gasteiger partial charge in [-0.1, -0.05) is 12.8 Å². The number of aromatic nitrogens is 2. The summed E-state index contributed by atoms with van der Waals surface area (Å²) in [7, 11) is 0. The van der Waals surface area contributed by atoms with Crippen LogP contribution in [-0.2, 0) is 0 Å². The minimum absolute atomic E-state index is 0.00579. The first-order valence-electron chi connectivity index (χ1n) is 8.21. The van der Waals surface area contributed by atoms with Crippen LogP contribution in [0.4, 0.5) is 0 Å². The fourth-order valence-electron chi connectivity index (χ4n) is 3.54. The number of aryl methyl sites for hydroxylation is 1. The summed E-state index contributed by atoms with van der Waals surface area (Å²) in [5, 5.41) is 6.06. The molecule has 0 aliphatic heterocycles. The Labute approximate surface area is 140 Å². The van der Waals surface area contributed by atoms with Crippen LogP contribution in [0, 0.1) is 19.8 Å². The predicted octanol–water partition coefficient (Wildman–Crippen LogP) is 2.80.